The van der Waals surface area contributed by atoms with Gasteiger partial charge in [0.25, 0.3) is 11.1 Å². The number of imide groups is 1. The third-order valence-electron chi connectivity index (χ3n) is 5.42. The Morgan fingerprint density at radius 2 is 1.83 bits per heavy atom. The molecule has 1 fully saturated rings. The number of carbonyl (C=O) groups is 2. The molecule has 4 rings (SSSR count). The van der Waals surface area contributed by atoms with E-state index in [1.165, 1.54) is 5.56 Å². The Balaban J connectivity index is 1.54. The summed E-state index contributed by atoms with van der Waals surface area (Å²) in [6, 6.07) is 20.6. The maximum atomic E-state index is 13.0. The molecule has 8 heteroatoms. The Labute approximate surface area is 216 Å². The van der Waals surface area contributed by atoms with Crippen LogP contribution < -0.4 is 9.47 Å². The number of ether oxygens (including phenoxy) is 2. The van der Waals surface area contributed by atoms with E-state index in [2.05, 4.69) is 22.0 Å². The SMILES string of the molecule is COc1cc(/C=C2/SC(=O)N(Cc3ccccc3C#N)C2=O)c(Br)cc1OCc1ccc(C)cc1. The lowest BCUT2D eigenvalue weighted by atomic mass is 10.1. The van der Waals surface area contributed by atoms with Crippen molar-refractivity contribution in [3.8, 4) is 17.6 Å². The Hall–Kier alpha value is -3.54. The van der Waals surface area contributed by atoms with Gasteiger partial charge in [-0.2, -0.15) is 5.26 Å². The van der Waals surface area contributed by atoms with E-state index in [-0.39, 0.29) is 11.8 Å². The average Bonchev–Trinajstić information content (AvgIpc) is 3.12. The fourth-order valence-corrected chi connectivity index (χ4v) is 4.76. The van der Waals surface area contributed by atoms with Crippen molar-refractivity contribution >= 4 is 44.9 Å². The number of carbonyl (C=O) groups excluding carboxylic acids is 2. The molecule has 6 nitrogen and oxygen atoms in total. The van der Waals surface area contributed by atoms with Crippen LogP contribution in [0.4, 0.5) is 4.79 Å². The lowest BCUT2D eigenvalue weighted by Crippen LogP contribution is -2.27. The molecular weight excluding hydrogens is 528 g/mol. The Morgan fingerprint density at radius 3 is 2.54 bits per heavy atom. The van der Waals surface area contributed by atoms with E-state index in [0.29, 0.717) is 44.2 Å². The summed E-state index contributed by atoms with van der Waals surface area (Å²) in [4.78, 5) is 27.0. The van der Waals surface area contributed by atoms with Crippen molar-refractivity contribution in [3.63, 3.8) is 0 Å². The zero-order chi connectivity index (χ0) is 24.9. The smallest absolute Gasteiger partial charge is 0.293 e. The zero-order valence-corrected chi connectivity index (χ0v) is 21.5. The van der Waals surface area contributed by atoms with Crippen LogP contribution >= 0.6 is 27.7 Å². The molecule has 0 unspecified atom stereocenters. The van der Waals surface area contributed by atoms with Crippen molar-refractivity contribution in [1.29, 1.82) is 5.26 Å². The van der Waals surface area contributed by atoms with Gasteiger partial charge in [-0.1, -0.05) is 64.0 Å². The number of methoxy groups -OCH3 is 1. The minimum atomic E-state index is -0.404. The van der Waals surface area contributed by atoms with Crippen LogP contribution in [-0.2, 0) is 17.9 Å². The quantitative estimate of drug-likeness (QED) is 0.315. The van der Waals surface area contributed by atoms with Crippen molar-refractivity contribution in [3.05, 3.63) is 97.9 Å². The van der Waals surface area contributed by atoms with Gasteiger partial charge in [0.2, 0.25) is 0 Å². The number of hydrogen-bond donors (Lipinski definition) is 0. The van der Waals surface area contributed by atoms with E-state index in [1.807, 2.05) is 31.2 Å². The highest BCUT2D eigenvalue weighted by molar-refractivity contribution is 9.10. The molecule has 35 heavy (non-hydrogen) atoms. The van der Waals surface area contributed by atoms with Gasteiger partial charge in [-0.25, -0.2) is 0 Å². The van der Waals surface area contributed by atoms with Crippen LogP contribution in [0.15, 0.2) is 70.0 Å². The maximum Gasteiger partial charge on any atom is 0.293 e. The summed E-state index contributed by atoms with van der Waals surface area (Å²) in [5.74, 6) is 0.658. The van der Waals surface area contributed by atoms with Gasteiger partial charge >= 0.3 is 0 Å². The number of aryl methyl sites for hydroxylation is 1. The third-order valence-corrected chi connectivity index (χ3v) is 7.02. The first kappa shape index (κ1) is 24.6. The normalized spacial score (nSPS) is 14.3. The van der Waals surface area contributed by atoms with Gasteiger partial charge in [-0.15, -0.1) is 0 Å². The van der Waals surface area contributed by atoms with Gasteiger partial charge in [-0.05, 0) is 59.7 Å². The standard InChI is InChI=1S/C27H21BrN2O4S/c1-17-7-9-18(10-8-17)16-34-24-13-22(28)21(11-23(24)33-2)12-25-26(31)30(27(32)35-25)15-20-6-4-3-5-19(20)14-29/h3-13H,15-16H2,1-2H3/b25-12+. The lowest BCUT2D eigenvalue weighted by Gasteiger charge is -2.14. The van der Waals surface area contributed by atoms with Crippen molar-refractivity contribution in [2.75, 3.05) is 7.11 Å². The minimum Gasteiger partial charge on any atom is -0.493 e. The molecule has 1 aliphatic rings. The largest absolute Gasteiger partial charge is 0.493 e. The highest BCUT2D eigenvalue weighted by Gasteiger charge is 2.35. The van der Waals surface area contributed by atoms with E-state index in [1.54, 1.807) is 49.6 Å². The summed E-state index contributed by atoms with van der Waals surface area (Å²) < 4.78 is 12.2. The van der Waals surface area contributed by atoms with Crippen molar-refractivity contribution in [1.82, 2.24) is 4.90 Å². The molecule has 3 aromatic rings. The predicted molar refractivity (Wildman–Crippen MR) is 139 cm³/mol. The summed E-state index contributed by atoms with van der Waals surface area (Å²) in [5.41, 5.74) is 3.94. The van der Waals surface area contributed by atoms with Gasteiger partial charge in [0.15, 0.2) is 11.5 Å². The van der Waals surface area contributed by atoms with Crippen LogP contribution in [-0.4, -0.2) is 23.2 Å². The van der Waals surface area contributed by atoms with Crippen molar-refractivity contribution in [2.24, 2.45) is 0 Å². The maximum absolute atomic E-state index is 13.0. The second-order valence-corrected chi connectivity index (χ2v) is 9.68. The summed E-state index contributed by atoms with van der Waals surface area (Å²) in [6.07, 6.45) is 1.65. The van der Waals surface area contributed by atoms with Crippen molar-refractivity contribution in [2.45, 2.75) is 20.1 Å². The van der Waals surface area contributed by atoms with Gasteiger partial charge in [0, 0.05) is 4.47 Å². The van der Waals surface area contributed by atoms with E-state index in [4.69, 9.17) is 9.47 Å². The fraction of sp³-hybridized carbons (Fsp3) is 0.148. The molecule has 0 saturated carbocycles. The summed E-state index contributed by atoms with van der Waals surface area (Å²) >= 11 is 4.41. The first-order valence-electron chi connectivity index (χ1n) is 10.7. The molecule has 1 aliphatic heterocycles. The topological polar surface area (TPSA) is 79.6 Å². The number of rotatable bonds is 7. The van der Waals surface area contributed by atoms with Gasteiger partial charge < -0.3 is 9.47 Å². The number of halogens is 1. The minimum absolute atomic E-state index is 0.0437. The van der Waals surface area contributed by atoms with Gasteiger partial charge in [-0.3, -0.25) is 14.5 Å². The Bertz CT molecular complexity index is 1360. The van der Waals surface area contributed by atoms with E-state index in [0.717, 1.165) is 22.2 Å². The molecule has 1 heterocycles. The predicted octanol–water partition coefficient (Wildman–Crippen LogP) is 6.45. The molecule has 0 aromatic heterocycles. The molecule has 2 amide bonds. The molecule has 1 saturated heterocycles. The summed E-state index contributed by atoms with van der Waals surface area (Å²) in [7, 11) is 1.55. The third kappa shape index (κ3) is 5.59. The number of nitrogens with zero attached hydrogens (tertiary/aromatic N) is 2. The van der Waals surface area contributed by atoms with Crippen molar-refractivity contribution < 1.29 is 19.1 Å². The molecule has 0 bridgehead atoms. The molecule has 3 aromatic carbocycles. The zero-order valence-electron chi connectivity index (χ0n) is 19.1. The Morgan fingerprint density at radius 1 is 1.09 bits per heavy atom. The molecule has 0 aliphatic carbocycles. The summed E-state index contributed by atoms with van der Waals surface area (Å²) in [5, 5.41) is 8.93. The fourth-order valence-electron chi connectivity index (χ4n) is 3.49. The molecule has 0 atom stereocenters. The molecule has 0 N–H and O–H groups in total. The average molecular weight is 549 g/mol. The second kappa shape index (κ2) is 10.8. The van der Waals surface area contributed by atoms with E-state index >= 15 is 0 Å². The first-order valence-corrected chi connectivity index (χ1v) is 12.3. The highest BCUT2D eigenvalue weighted by atomic mass is 79.9. The number of thioether (sulfide) groups is 1. The molecule has 176 valence electrons. The van der Waals surface area contributed by atoms with Crippen LogP contribution in [0.3, 0.4) is 0 Å². The number of amides is 2. The van der Waals surface area contributed by atoms with E-state index in [9.17, 15) is 14.9 Å². The van der Waals surface area contributed by atoms with Gasteiger partial charge in [0.1, 0.15) is 6.61 Å². The number of hydrogen-bond acceptors (Lipinski definition) is 6. The first-order chi connectivity index (χ1) is 16.9. The summed E-state index contributed by atoms with van der Waals surface area (Å²) in [6.45, 7) is 2.46. The van der Waals surface area contributed by atoms with Crippen LogP contribution in [0.1, 0.15) is 27.8 Å². The number of nitriles is 1. The van der Waals surface area contributed by atoms with Gasteiger partial charge in [0.05, 0.1) is 30.2 Å². The number of benzene rings is 3. The van der Waals surface area contributed by atoms with E-state index < -0.39 is 5.91 Å². The Kier molecular flexibility index (Phi) is 7.59. The van der Waals surface area contributed by atoms with Crippen LogP contribution in [0, 0.1) is 18.3 Å². The second-order valence-electron chi connectivity index (χ2n) is 7.84. The van der Waals surface area contributed by atoms with Crippen LogP contribution in [0.25, 0.3) is 6.08 Å². The lowest BCUT2D eigenvalue weighted by molar-refractivity contribution is -0.123. The molecule has 0 radical (unpaired) electrons. The molecular formula is C27H21BrN2O4S. The molecule has 0 spiro atoms. The monoisotopic (exact) mass is 548 g/mol. The highest BCUT2D eigenvalue weighted by Crippen LogP contribution is 2.38. The van der Waals surface area contributed by atoms with Crippen LogP contribution in [0.2, 0.25) is 0 Å². The van der Waals surface area contributed by atoms with Crippen LogP contribution in [0.5, 0.6) is 11.5 Å².